The molecule has 1 aromatic carbocycles. The molecule has 0 unspecified atom stereocenters. The maximum Gasteiger partial charge on any atom is 0.341 e. The molecule has 1 N–H and O–H groups in total. The molecule has 1 heterocycles. The Hall–Kier alpha value is -2.34. The lowest BCUT2D eigenvalue weighted by atomic mass is 10.0. The molecule has 0 atom stereocenters. The zero-order valence-electron chi connectivity index (χ0n) is 14.9. The third-order valence-corrected chi connectivity index (χ3v) is 4.63. The predicted octanol–water partition coefficient (Wildman–Crippen LogP) is 3.92. The molecule has 25 heavy (non-hydrogen) atoms. The predicted molar refractivity (Wildman–Crippen MR) is 99.5 cm³/mol. The van der Waals surface area contributed by atoms with Crippen LogP contribution in [0.1, 0.15) is 35.3 Å². The largest absolute Gasteiger partial charge is 0.496 e. The van der Waals surface area contributed by atoms with Crippen molar-refractivity contribution in [3.05, 3.63) is 46.3 Å². The smallest absolute Gasteiger partial charge is 0.341 e. The number of thiophene rings is 1. The standard InChI is InChI=1S/C19H23NO4S/c1-12(2)9-14-11-25-18(17(14)19(22)24-4)20-16(21)10-13-7-5-6-8-15(13)23-3/h5-8,11-12H,9-10H2,1-4H3,(H,20,21). The van der Waals surface area contributed by atoms with Gasteiger partial charge in [0.2, 0.25) is 5.91 Å². The Kier molecular flexibility index (Phi) is 6.58. The molecule has 0 aliphatic rings. The first-order valence-corrected chi connectivity index (χ1v) is 8.94. The van der Waals surface area contributed by atoms with Crippen LogP contribution in [0.2, 0.25) is 0 Å². The lowest BCUT2D eigenvalue weighted by molar-refractivity contribution is -0.115. The van der Waals surface area contributed by atoms with Gasteiger partial charge in [-0.1, -0.05) is 32.0 Å². The van der Waals surface area contributed by atoms with E-state index in [0.717, 1.165) is 17.5 Å². The van der Waals surface area contributed by atoms with E-state index in [0.29, 0.717) is 22.2 Å². The van der Waals surface area contributed by atoms with Crippen LogP contribution in [0.5, 0.6) is 5.75 Å². The van der Waals surface area contributed by atoms with Crippen LogP contribution in [0, 0.1) is 5.92 Å². The highest BCUT2D eigenvalue weighted by molar-refractivity contribution is 7.15. The van der Waals surface area contributed by atoms with E-state index in [4.69, 9.17) is 9.47 Å². The first kappa shape index (κ1) is 19.0. The molecule has 0 radical (unpaired) electrons. The first-order valence-electron chi connectivity index (χ1n) is 8.06. The van der Waals surface area contributed by atoms with Crippen molar-refractivity contribution in [1.82, 2.24) is 0 Å². The van der Waals surface area contributed by atoms with Gasteiger partial charge in [-0.25, -0.2) is 4.79 Å². The normalized spacial score (nSPS) is 10.6. The second-order valence-corrected chi connectivity index (χ2v) is 6.97. The van der Waals surface area contributed by atoms with Crippen LogP contribution < -0.4 is 10.1 Å². The quantitative estimate of drug-likeness (QED) is 0.759. The summed E-state index contributed by atoms with van der Waals surface area (Å²) in [5.74, 6) is 0.435. The van der Waals surface area contributed by atoms with Gasteiger partial charge in [0.15, 0.2) is 0 Å². The molecule has 0 spiro atoms. The number of methoxy groups -OCH3 is 2. The van der Waals surface area contributed by atoms with Crippen LogP contribution in [-0.4, -0.2) is 26.1 Å². The molecule has 0 aliphatic heterocycles. The Labute approximate surface area is 152 Å². The van der Waals surface area contributed by atoms with Crippen LogP contribution in [0.25, 0.3) is 0 Å². The second-order valence-electron chi connectivity index (χ2n) is 6.09. The van der Waals surface area contributed by atoms with Crippen molar-refractivity contribution in [3.8, 4) is 5.75 Å². The van der Waals surface area contributed by atoms with E-state index in [2.05, 4.69) is 19.2 Å². The van der Waals surface area contributed by atoms with E-state index in [9.17, 15) is 9.59 Å². The lowest BCUT2D eigenvalue weighted by Gasteiger charge is -2.10. The van der Waals surface area contributed by atoms with Crippen LogP contribution in [0.4, 0.5) is 5.00 Å². The summed E-state index contributed by atoms with van der Waals surface area (Å²) in [4.78, 5) is 24.6. The van der Waals surface area contributed by atoms with Gasteiger partial charge >= 0.3 is 5.97 Å². The summed E-state index contributed by atoms with van der Waals surface area (Å²) in [5.41, 5.74) is 2.15. The second kappa shape index (κ2) is 8.67. The van der Waals surface area contributed by atoms with Crippen molar-refractivity contribution < 1.29 is 19.1 Å². The number of hydrogen-bond acceptors (Lipinski definition) is 5. The summed E-state index contributed by atoms with van der Waals surface area (Å²) in [6.45, 7) is 4.16. The lowest BCUT2D eigenvalue weighted by Crippen LogP contribution is -2.17. The molecule has 6 heteroatoms. The monoisotopic (exact) mass is 361 g/mol. The summed E-state index contributed by atoms with van der Waals surface area (Å²) >= 11 is 1.35. The molecule has 0 saturated carbocycles. The SMILES string of the molecule is COC(=O)c1c(CC(C)C)csc1NC(=O)Cc1ccccc1OC. The first-order chi connectivity index (χ1) is 12.0. The van der Waals surface area contributed by atoms with Gasteiger partial charge in [-0.3, -0.25) is 4.79 Å². The molecule has 2 aromatic rings. The van der Waals surface area contributed by atoms with Gasteiger partial charge in [0.1, 0.15) is 10.8 Å². The zero-order valence-corrected chi connectivity index (χ0v) is 15.7. The average molecular weight is 361 g/mol. The van der Waals surface area contributed by atoms with Gasteiger partial charge in [-0.05, 0) is 29.3 Å². The molecular formula is C19H23NO4S. The summed E-state index contributed by atoms with van der Waals surface area (Å²) in [5, 5.41) is 5.28. The van der Waals surface area contributed by atoms with Crippen LogP contribution in [0.15, 0.2) is 29.6 Å². The van der Waals surface area contributed by atoms with E-state index in [1.54, 1.807) is 7.11 Å². The van der Waals surface area contributed by atoms with Crippen molar-refractivity contribution in [2.24, 2.45) is 5.92 Å². The topological polar surface area (TPSA) is 64.6 Å². The summed E-state index contributed by atoms with van der Waals surface area (Å²) < 4.78 is 10.2. The third kappa shape index (κ3) is 4.82. The number of anilines is 1. The molecule has 0 fully saturated rings. The number of amides is 1. The maximum absolute atomic E-state index is 12.4. The number of esters is 1. The highest BCUT2D eigenvalue weighted by Gasteiger charge is 2.22. The third-order valence-electron chi connectivity index (χ3n) is 3.68. The van der Waals surface area contributed by atoms with Crippen molar-refractivity contribution in [3.63, 3.8) is 0 Å². The maximum atomic E-state index is 12.4. The van der Waals surface area contributed by atoms with Crippen molar-refractivity contribution in [2.45, 2.75) is 26.7 Å². The molecule has 0 saturated heterocycles. The molecule has 1 aromatic heterocycles. The van der Waals surface area contributed by atoms with Crippen LogP contribution in [-0.2, 0) is 22.4 Å². The van der Waals surface area contributed by atoms with Crippen LogP contribution >= 0.6 is 11.3 Å². The van der Waals surface area contributed by atoms with Gasteiger partial charge in [0.05, 0.1) is 26.2 Å². The minimum atomic E-state index is -0.426. The van der Waals surface area contributed by atoms with Crippen LogP contribution in [0.3, 0.4) is 0 Å². The Balaban J connectivity index is 2.20. The van der Waals surface area contributed by atoms with E-state index in [1.807, 2.05) is 29.6 Å². The Morgan fingerprint density at radius 1 is 1.16 bits per heavy atom. The molecule has 5 nitrogen and oxygen atoms in total. The van der Waals surface area contributed by atoms with Gasteiger partial charge in [-0.2, -0.15) is 0 Å². The fourth-order valence-electron chi connectivity index (χ4n) is 2.59. The number of carbonyl (C=O) groups excluding carboxylic acids is 2. The highest BCUT2D eigenvalue weighted by Crippen LogP contribution is 2.31. The van der Waals surface area contributed by atoms with Crippen molar-refractivity contribution in [1.29, 1.82) is 0 Å². The van der Waals surface area contributed by atoms with E-state index in [-0.39, 0.29) is 12.3 Å². The number of benzene rings is 1. The zero-order chi connectivity index (χ0) is 18.4. The minimum absolute atomic E-state index is 0.169. The number of rotatable bonds is 7. The Morgan fingerprint density at radius 2 is 1.88 bits per heavy atom. The number of carbonyl (C=O) groups is 2. The number of ether oxygens (including phenoxy) is 2. The van der Waals surface area contributed by atoms with Gasteiger partial charge in [-0.15, -0.1) is 11.3 Å². The molecule has 134 valence electrons. The Morgan fingerprint density at radius 3 is 2.52 bits per heavy atom. The molecule has 0 bridgehead atoms. The van der Waals surface area contributed by atoms with Gasteiger partial charge in [0, 0.05) is 5.56 Å². The van der Waals surface area contributed by atoms with Crippen molar-refractivity contribution >= 4 is 28.2 Å². The number of para-hydroxylation sites is 1. The summed E-state index contributed by atoms with van der Waals surface area (Å²) in [7, 11) is 2.92. The minimum Gasteiger partial charge on any atom is -0.496 e. The van der Waals surface area contributed by atoms with Crippen molar-refractivity contribution in [2.75, 3.05) is 19.5 Å². The number of hydrogen-bond donors (Lipinski definition) is 1. The van der Waals surface area contributed by atoms with Gasteiger partial charge in [0.25, 0.3) is 0 Å². The van der Waals surface area contributed by atoms with Gasteiger partial charge < -0.3 is 14.8 Å². The summed E-state index contributed by atoms with van der Waals surface area (Å²) in [6, 6.07) is 7.37. The number of nitrogens with one attached hydrogen (secondary N) is 1. The van der Waals surface area contributed by atoms with E-state index >= 15 is 0 Å². The van der Waals surface area contributed by atoms with E-state index < -0.39 is 5.97 Å². The highest BCUT2D eigenvalue weighted by atomic mass is 32.1. The average Bonchev–Trinajstić information content (AvgIpc) is 2.96. The molecular weight excluding hydrogens is 338 g/mol. The van der Waals surface area contributed by atoms with E-state index in [1.165, 1.54) is 18.4 Å². The fourth-order valence-corrected chi connectivity index (χ4v) is 3.57. The molecule has 0 aliphatic carbocycles. The molecule has 2 rings (SSSR count). The summed E-state index contributed by atoms with van der Waals surface area (Å²) in [6.07, 6.45) is 0.922. The Bertz CT molecular complexity index is 752. The molecule has 1 amide bonds. The fraction of sp³-hybridized carbons (Fsp3) is 0.368.